The molecule has 1 N–H and O–H groups in total. The monoisotopic (exact) mass is 400 g/mol. The number of aliphatic imine (C=N–C) groups is 1. The third-order valence-corrected chi connectivity index (χ3v) is 4.81. The van der Waals surface area contributed by atoms with Crippen molar-refractivity contribution in [3.8, 4) is 0 Å². The van der Waals surface area contributed by atoms with E-state index in [2.05, 4.69) is 10.3 Å². The number of isocyanates is 1. The molecule has 0 saturated carbocycles. The molecule has 2 rings (SSSR count). The van der Waals surface area contributed by atoms with Crippen LogP contribution in [0.2, 0.25) is 0 Å². The summed E-state index contributed by atoms with van der Waals surface area (Å²) in [5, 5.41) is 2.76. The van der Waals surface area contributed by atoms with Gasteiger partial charge in [-0.15, -0.1) is 0 Å². The highest BCUT2D eigenvalue weighted by Gasteiger charge is 2.52. The molecule has 1 aromatic rings. The summed E-state index contributed by atoms with van der Waals surface area (Å²) in [6.07, 6.45) is 2.88. The second-order valence-corrected chi connectivity index (χ2v) is 8.96. The van der Waals surface area contributed by atoms with E-state index in [0.29, 0.717) is 5.69 Å². The van der Waals surface area contributed by atoms with Crippen molar-refractivity contribution in [2.75, 3.05) is 6.54 Å². The Hall–Kier alpha value is -2.41. The number of carbonyl (C=O) groups is 1. The first-order valence-corrected chi connectivity index (χ1v) is 9.54. The van der Waals surface area contributed by atoms with Crippen LogP contribution in [0.5, 0.6) is 0 Å². The minimum Gasteiger partial charge on any atom is -0.444 e. The average Bonchev–Trinajstić information content (AvgIpc) is 2.79. The molecule has 7 nitrogen and oxygen atoms in total. The van der Waals surface area contributed by atoms with Gasteiger partial charge in [0.25, 0.3) is 0 Å². The first-order valence-electron chi connectivity index (χ1n) is 9.54. The zero-order valence-electron chi connectivity index (χ0n) is 18.2. The minimum absolute atomic E-state index is 0.194. The lowest BCUT2D eigenvalue weighted by Crippen LogP contribution is -2.41. The third-order valence-electron chi connectivity index (χ3n) is 4.81. The van der Waals surface area contributed by atoms with Crippen LogP contribution in [0.25, 0.3) is 6.08 Å². The number of amides is 1. The summed E-state index contributed by atoms with van der Waals surface area (Å²) >= 11 is 0. The molecule has 0 aromatic heterocycles. The Bertz CT molecular complexity index is 802. The topological polar surface area (TPSA) is 86.2 Å². The summed E-state index contributed by atoms with van der Waals surface area (Å²) in [5.41, 5.74) is 0.497. The Morgan fingerprint density at radius 2 is 1.72 bits per heavy atom. The van der Waals surface area contributed by atoms with Crippen LogP contribution < -0.4 is 5.32 Å². The Morgan fingerprint density at radius 1 is 1.17 bits per heavy atom. The zero-order chi connectivity index (χ0) is 21.9. The molecule has 1 aliphatic heterocycles. The van der Waals surface area contributed by atoms with Crippen molar-refractivity contribution in [1.82, 2.24) is 5.32 Å². The van der Waals surface area contributed by atoms with Gasteiger partial charge in [0.05, 0.1) is 16.9 Å². The number of hydrogen-bond donors (Lipinski definition) is 1. The van der Waals surface area contributed by atoms with Crippen molar-refractivity contribution < 1.29 is 23.6 Å². The Labute approximate surface area is 172 Å². The maximum atomic E-state index is 12.1. The van der Waals surface area contributed by atoms with E-state index in [4.69, 9.17) is 14.0 Å². The van der Waals surface area contributed by atoms with Crippen LogP contribution in [0.4, 0.5) is 10.5 Å². The molecule has 29 heavy (non-hydrogen) atoms. The van der Waals surface area contributed by atoms with Crippen molar-refractivity contribution in [3.05, 3.63) is 35.3 Å². The van der Waals surface area contributed by atoms with E-state index in [9.17, 15) is 9.59 Å². The van der Waals surface area contributed by atoms with Crippen molar-refractivity contribution in [3.63, 3.8) is 0 Å². The van der Waals surface area contributed by atoms with Crippen LogP contribution in [0.1, 0.15) is 54.0 Å². The van der Waals surface area contributed by atoms with Gasteiger partial charge in [-0.2, -0.15) is 4.99 Å². The van der Waals surface area contributed by atoms with E-state index in [-0.39, 0.29) is 6.54 Å². The molecule has 0 unspecified atom stereocenters. The van der Waals surface area contributed by atoms with Crippen molar-refractivity contribution in [2.24, 2.45) is 4.99 Å². The number of benzene rings is 1. The highest BCUT2D eigenvalue weighted by Crippen LogP contribution is 2.38. The molecule has 0 atom stereocenters. The fourth-order valence-electron chi connectivity index (χ4n) is 2.60. The van der Waals surface area contributed by atoms with Gasteiger partial charge in [0.2, 0.25) is 6.08 Å². The lowest BCUT2D eigenvalue weighted by Gasteiger charge is -2.32. The molecule has 1 heterocycles. The number of alkyl carbamates (subject to hydrolysis) is 1. The molecule has 1 aromatic carbocycles. The fourth-order valence-corrected chi connectivity index (χ4v) is 2.60. The molecule has 156 valence electrons. The highest BCUT2D eigenvalue weighted by atomic mass is 16.7. The van der Waals surface area contributed by atoms with E-state index < -0.39 is 30.0 Å². The lowest BCUT2D eigenvalue weighted by molar-refractivity contribution is 0.00578. The average molecular weight is 400 g/mol. The number of rotatable bonds is 5. The number of ether oxygens (including phenoxy) is 1. The van der Waals surface area contributed by atoms with Crippen LogP contribution in [0.3, 0.4) is 0 Å². The maximum absolute atomic E-state index is 12.1. The van der Waals surface area contributed by atoms with E-state index in [1.807, 2.05) is 45.9 Å². The maximum Gasteiger partial charge on any atom is 0.492 e. The first kappa shape index (κ1) is 22.9. The standard InChI is InChI=1S/C21H29BN2O5/c1-19(2,3)27-18(26)23-13-16(22-28-20(4,5)21(6,7)29-22)12-15-8-10-17(11-9-15)24-14-25/h8-12H,13H2,1-7H3,(H,23,26). The second kappa shape index (κ2) is 8.53. The van der Waals surface area contributed by atoms with E-state index >= 15 is 0 Å². The molecule has 0 bridgehead atoms. The predicted molar refractivity (Wildman–Crippen MR) is 113 cm³/mol. The summed E-state index contributed by atoms with van der Waals surface area (Å²) in [5.74, 6) is 0. The van der Waals surface area contributed by atoms with E-state index in [0.717, 1.165) is 11.0 Å². The second-order valence-electron chi connectivity index (χ2n) is 8.96. The van der Waals surface area contributed by atoms with Crippen LogP contribution >= 0.6 is 0 Å². The number of nitrogens with one attached hydrogen (secondary N) is 1. The molecule has 0 radical (unpaired) electrons. The summed E-state index contributed by atoms with van der Waals surface area (Å²) in [7, 11) is -0.623. The molecule has 1 saturated heterocycles. The van der Waals surface area contributed by atoms with Crippen LogP contribution in [-0.2, 0) is 18.8 Å². The largest absolute Gasteiger partial charge is 0.492 e. The molecule has 8 heteroatoms. The first-order chi connectivity index (χ1) is 13.3. The number of hydrogen-bond acceptors (Lipinski definition) is 6. The number of nitrogens with zero attached hydrogens (tertiary/aromatic N) is 1. The molecular weight excluding hydrogens is 371 g/mol. The lowest BCUT2D eigenvalue weighted by atomic mass is 9.77. The Kier molecular flexibility index (Phi) is 6.73. The predicted octanol–water partition coefficient (Wildman–Crippen LogP) is 4.19. The summed E-state index contributed by atoms with van der Waals surface area (Å²) < 4.78 is 17.6. The summed E-state index contributed by atoms with van der Waals surface area (Å²) in [4.78, 5) is 26.1. The zero-order valence-corrected chi connectivity index (χ0v) is 18.2. The quantitative estimate of drug-likeness (QED) is 0.455. The molecule has 1 amide bonds. The summed E-state index contributed by atoms with van der Waals surface area (Å²) in [6, 6.07) is 7.05. The van der Waals surface area contributed by atoms with Gasteiger partial charge in [0.15, 0.2) is 0 Å². The molecule has 0 aliphatic carbocycles. The van der Waals surface area contributed by atoms with Gasteiger partial charge in [-0.3, -0.25) is 0 Å². The van der Waals surface area contributed by atoms with Crippen molar-refractivity contribution >= 4 is 31.1 Å². The third kappa shape index (κ3) is 6.29. The normalized spacial score (nSPS) is 18.2. The van der Waals surface area contributed by atoms with Gasteiger partial charge >= 0.3 is 13.2 Å². The van der Waals surface area contributed by atoms with Gasteiger partial charge in [0, 0.05) is 6.54 Å². The Morgan fingerprint density at radius 3 is 2.21 bits per heavy atom. The Balaban J connectivity index is 2.25. The van der Waals surface area contributed by atoms with Crippen LogP contribution in [0.15, 0.2) is 34.7 Å². The SMILES string of the molecule is CC(C)(C)OC(=O)NCC(=Cc1ccc(N=C=O)cc1)B1OC(C)(C)C(C)(C)O1. The fraction of sp³-hybridized carbons (Fsp3) is 0.524. The van der Waals surface area contributed by atoms with Crippen molar-refractivity contribution in [2.45, 2.75) is 65.3 Å². The van der Waals surface area contributed by atoms with Gasteiger partial charge in [-0.25, -0.2) is 9.59 Å². The van der Waals surface area contributed by atoms with E-state index in [1.165, 1.54) is 6.08 Å². The highest BCUT2D eigenvalue weighted by molar-refractivity contribution is 6.56. The molecular formula is C21H29BN2O5. The smallest absolute Gasteiger partial charge is 0.444 e. The van der Waals surface area contributed by atoms with Crippen molar-refractivity contribution in [1.29, 1.82) is 0 Å². The van der Waals surface area contributed by atoms with Crippen LogP contribution in [-0.4, -0.2) is 42.6 Å². The van der Waals surface area contributed by atoms with Gasteiger partial charge in [-0.05, 0) is 71.6 Å². The van der Waals surface area contributed by atoms with E-state index in [1.54, 1.807) is 32.9 Å². The molecule has 0 spiro atoms. The number of carbonyl (C=O) groups excluding carboxylic acids is 2. The molecule has 1 aliphatic rings. The summed E-state index contributed by atoms with van der Waals surface area (Å²) in [6.45, 7) is 13.5. The van der Waals surface area contributed by atoms with Crippen LogP contribution in [0, 0.1) is 0 Å². The van der Waals surface area contributed by atoms with Gasteiger partial charge in [-0.1, -0.05) is 18.2 Å². The minimum atomic E-state index is -0.623. The van der Waals surface area contributed by atoms with Gasteiger partial charge < -0.3 is 19.4 Å². The molecule has 1 fully saturated rings. The van der Waals surface area contributed by atoms with Gasteiger partial charge in [0.1, 0.15) is 5.60 Å².